The third kappa shape index (κ3) is 9.24. The lowest BCUT2D eigenvalue weighted by Crippen LogP contribution is -1.91. The Hall–Kier alpha value is -11.9. The minimum atomic E-state index is 0.857. The van der Waals surface area contributed by atoms with E-state index in [0.29, 0.717) is 0 Å². The van der Waals surface area contributed by atoms with E-state index in [1.807, 2.05) is 0 Å². The van der Waals surface area contributed by atoms with Crippen molar-refractivity contribution in [3.63, 3.8) is 0 Å². The van der Waals surface area contributed by atoms with Crippen LogP contribution in [0.15, 0.2) is 303 Å². The van der Waals surface area contributed by atoms with E-state index in [9.17, 15) is 0 Å². The summed E-state index contributed by atoms with van der Waals surface area (Å²) in [4.78, 5) is 30.5. The van der Waals surface area contributed by atoms with Crippen LogP contribution in [0.5, 0.6) is 0 Å². The second-order valence-electron chi connectivity index (χ2n) is 22.6. The molecule has 88 heavy (non-hydrogen) atoms. The quantitative estimate of drug-likeness (QED) is 0.154. The summed E-state index contributed by atoms with van der Waals surface area (Å²) in [6.07, 6.45) is 0. The van der Waals surface area contributed by atoms with Crippen molar-refractivity contribution in [2.75, 3.05) is 0 Å². The Morgan fingerprint density at radius 2 is 0.466 bits per heavy atom. The number of hydrogen-bond donors (Lipinski definition) is 0. The third-order valence-corrected chi connectivity index (χ3v) is 17.2. The zero-order valence-corrected chi connectivity index (χ0v) is 47.6. The Balaban J connectivity index is 0.000000137. The van der Waals surface area contributed by atoms with Gasteiger partial charge in [-0.1, -0.05) is 237 Å². The van der Waals surface area contributed by atoms with Gasteiger partial charge < -0.3 is 0 Å². The maximum absolute atomic E-state index is 5.12. The van der Waals surface area contributed by atoms with Crippen LogP contribution in [0.2, 0.25) is 0 Å². The summed E-state index contributed by atoms with van der Waals surface area (Å²) >= 11 is 0. The fourth-order valence-corrected chi connectivity index (χ4v) is 12.6. The largest absolute Gasteiger partial charge is 0.248 e. The number of nitrogens with zero attached hydrogens (tertiary/aromatic N) is 6. The molecule has 0 saturated carbocycles. The van der Waals surface area contributed by atoms with Crippen LogP contribution in [0.4, 0.5) is 0 Å². The van der Waals surface area contributed by atoms with Crippen molar-refractivity contribution in [2.24, 2.45) is 0 Å². The molecular weight excluding hydrogens is 1070 g/mol. The summed E-state index contributed by atoms with van der Waals surface area (Å²) in [6.45, 7) is 0. The summed E-state index contributed by atoms with van der Waals surface area (Å²) in [5.41, 5.74) is 17.9. The molecule has 0 amide bonds. The van der Waals surface area contributed by atoms with Gasteiger partial charge in [-0.3, -0.25) is 0 Å². The first-order valence-corrected chi connectivity index (χ1v) is 29.7. The number of benzene rings is 12. The summed E-state index contributed by atoms with van der Waals surface area (Å²) in [5.74, 6) is 0. The van der Waals surface area contributed by atoms with Gasteiger partial charge in [0.15, 0.2) is 0 Å². The molecule has 0 saturated heterocycles. The SMILES string of the molecule is c1ccc2c(-c3ccc4ccc(-c5ccc6ccc(-c7ccc8ccc9ccccc9c8n7)nc6c5)nc4c3)cccc2c1.c1ccc2cc(-c3ccc4ccc(-c5ccc6ccc(-c7ccc8ccc9ccccc9c8n7)nc6c5)nc4c3)ccc2c1. The molecular formula is C82H50N6. The molecule has 0 aliphatic heterocycles. The van der Waals surface area contributed by atoms with E-state index in [1.165, 1.54) is 49.0 Å². The Morgan fingerprint density at radius 1 is 0.159 bits per heavy atom. The molecule has 0 N–H and O–H groups in total. The molecule has 12 aromatic carbocycles. The number of hydrogen-bond acceptors (Lipinski definition) is 6. The molecule has 6 heteroatoms. The number of pyridine rings is 6. The molecule has 408 valence electrons. The third-order valence-electron chi connectivity index (χ3n) is 17.2. The van der Waals surface area contributed by atoms with Gasteiger partial charge in [-0.15, -0.1) is 0 Å². The number of aromatic nitrogens is 6. The first kappa shape index (κ1) is 50.6. The molecule has 0 unspecified atom stereocenters. The highest BCUT2D eigenvalue weighted by atomic mass is 14.8. The zero-order chi connectivity index (χ0) is 58.1. The molecule has 0 aliphatic rings. The zero-order valence-electron chi connectivity index (χ0n) is 47.6. The summed E-state index contributed by atoms with van der Waals surface area (Å²) < 4.78 is 0. The number of fused-ring (bicyclic) bond motifs is 12. The van der Waals surface area contributed by atoms with E-state index in [1.54, 1.807) is 0 Å². The number of rotatable bonds is 6. The van der Waals surface area contributed by atoms with Crippen LogP contribution in [0, 0.1) is 0 Å². The molecule has 0 atom stereocenters. The van der Waals surface area contributed by atoms with Crippen LogP contribution in [-0.4, -0.2) is 29.9 Å². The lowest BCUT2D eigenvalue weighted by atomic mass is 9.97. The van der Waals surface area contributed by atoms with Gasteiger partial charge in [0.2, 0.25) is 0 Å². The van der Waals surface area contributed by atoms with Crippen LogP contribution in [0.1, 0.15) is 0 Å². The summed E-state index contributed by atoms with van der Waals surface area (Å²) in [6, 6.07) is 107. The highest BCUT2D eigenvalue weighted by Crippen LogP contribution is 2.36. The second-order valence-corrected chi connectivity index (χ2v) is 22.6. The van der Waals surface area contributed by atoms with Gasteiger partial charge in [0.05, 0.1) is 67.3 Å². The van der Waals surface area contributed by atoms with E-state index in [2.05, 4.69) is 303 Å². The average Bonchev–Trinajstić information content (AvgIpc) is 2.36. The predicted octanol–water partition coefficient (Wildman–Crippen LogP) is 21.3. The highest BCUT2D eigenvalue weighted by molar-refractivity contribution is 6.07. The van der Waals surface area contributed by atoms with Crippen LogP contribution in [-0.2, 0) is 0 Å². The van der Waals surface area contributed by atoms with Crippen molar-refractivity contribution >= 4 is 109 Å². The lowest BCUT2D eigenvalue weighted by Gasteiger charge is -2.10. The molecule has 6 aromatic heterocycles. The minimum Gasteiger partial charge on any atom is -0.248 e. The van der Waals surface area contributed by atoms with E-state index < -0.39 is 0 Å². The smallest absolute Gasteiger partial charge is 0.0894 e. The van der Waals surface area contributed by atoms with Crippen LogP contribution in [0.25, 0.3) is 176 Å². The van der Waals surface area contributed by atoms with Gasteiger partial charge in [0.25, 0.3) is 0 Å². The van der Waals surface area contributed by atoms with Crippen molar-refractivity contribution in [2.45, 2.75) is 0 Å². The average molecular weight is 1120 g/mol. The first-order valence-electron chi connectivity index (χ1n) is 29.7. The van der Waals surface area contributed by atoms with E-state index in [4.69, 9.17) is 29.9 Å². The van der Waals surface area contributed by atoms with Crippen molar-refractivity contribution in [1.82, 2.24) is 29.9 Å². The summed E-state index contributed by atoms with van der Waals surface area (Å²) in [5, 5.41) is 16.3. The maximum atomic E-state index is 5.12. The van der Waals surface area contributed by atoms with Crippen molar-refractivity contribution in [3.8, 4) is 67.5 Å². The van der Waals surface area contributed by atoms with Gasteiger partial charge in [0, 0.05) is 54.2 Å². The topological polar surface area (TPSA) is 77.3 Å². The molecule has 0 bridgehead atoms. The monoisotopic (exact) mass is 1120 g/mol. The van der Waals surface area contributed by atoms with Crippen LogP contribution in [0.3, 0.4) is 0 Å². The lowest BCUT2D eigenvalue weighted by molar-refractivity contribution is 1.32. The van der Waals surface area contributed by atoms with Crippen molar-refractivity contribution < 1.29 is 0 Å². The molecule has 6 nitrogen and oxygen atoms in total. The first-order chi connectivity index (χ1) is 43.5. The van der Waals surface area contributed by atoms with Gasteiger partial charge in [-0.2, -0.15) is 0 Å². The minimum absolute atomic E-state index is 0.857. The molecule has 6 heterocycles. The Bertz CT molecular complexity index is 5840. The maximum Gasteiger partial charge on any atom is 0.0894 e. The molecule has 0 aliphatic carbocycles. The van der Waals surface area contributed by atoms with E-state index >= 15 is 0 Å². The van der Waals surface area contributed by atoms with Gasteiger partial charge in [-0.25, -0.2) is 29.9 Å². The predicted molar refractivity (Wildman–Crippen MR) is 367 cm³/mol. The molecule has 0 spiro atoms. The molecule has 0 fully saturated rings. The van der Waals surface area contributed by atoms with E-state index in [-0.39, 0.29) is 0 Å². The van der Waals surface area contributed by atoms with E-state index in [0.717, 1.165) is 127 Å². The Kier molecular flexibility index (Phi) is 12.1. The second kappa shape index (κ2) is 21.0. The standard InChI is InChI=1S/2C41H25N3/c1-3-9-33-26(6-1)8-5-11-34(33)31-16-13-28-18-21-36(42-39(28)24-31)32-17-14-29-19-22-37(43-40(29)25-32)38-23-20-30-15-12-27-7-2-4-10-35(27)41(30)44-38;1-2-7-31-23-32(14-9-26(31)5-1)33-15-11-28-17-20-36(42-39(28)24-33)34-16-12-29-18-21-37(43-40(29)25-34)38-22-19-30-13-10-27-6-3-4-8-35(27)41(30)44-38/h2*1-25H. The molecule has 18 aromatic rings. The Morgan fingerprint density at radius 3 is 0.989 bits per heavy atom. The fourth-order valence-electron chi connectivity index (χ4n) is 12.6. The van der Waals surface area contributed by atoms with Crippen molar-refractivity contribution in [1.29, 1.82) is 0 Å². The Labute approximate surface area is 506 Å². The van der Waals surface area contributed by atoms with Gasteiger partial charge in [0.1, 0.15) is 0 Å². The molecule has 18 rings (SSSR count). The molecule has 0 radical (unpaired) electrons. The highest BCUT2D eigenvalue weighted by Gasteiger charge is 2.14. The van der Waals surface area contributed by atoms with Gasteiger partial charge >= 0.3 is 0 Å². The van der Waals surface area contributed by atoms with Crippen molar-refractivity contribution in [3.05, 3.63) is 303 Å². The van der Waals surface area contributed by atoms with Crippen LogP contribution >= 0.6 is 0 Å². The normalized spacial score (nSPS) is 11.6. The van der Waals surface area contributed by atoms with Gasteiger partial charge in [-0.05, 0) is 121 Å². The summed E-state index contributed by atoms with van der Waals surface area (Å²) in [7, 11) is 0. The van der Waals surface area contributed by atoms with Crippen LogP contribution < -0.4 is 0 Å². The fraction of sp³-hybridized carbons (Fsp3) is 0.